The van der Waals surface area contributed by atoms with Crippen LogP contribution in [0.4, 0.5) is 4.79 Å². The molecule has 1 heterocycles. The van der Waals surface area contributed by atoms with Crippen LogP contribution in [0.25, 0.3) is 0 Å². The van der Waals surface area contributed by atoms with Crippen LogP contribution >= 0.6 is 0 Å². The third kappa shape index (κ3) is 6.23. The van der Waals surface area contributed by atoms with Crippen LogP contribution in [0, 0.1) is 0 Å². The number of rotatable bonds is 7. The number of benzene rings is 2. The van der Waals surface area contributed by atoms with Gasteiger partial charge in [-0.15, -0.1) is 0 Å². The lowest BCUT2D eigenvalue weighted by Crippen LogP contribution is -2.39. The number of nitrogens with zero attached hydrogens (tertiary/aromatic N) is 1. The molecule has 1 fully saturated rings. The maximum absolute atomic E-state index is 12.9. The molecule has 0 bridgehead atoms. The fraction of sp³-hybridized carbons (Fsp3) is 0.480. The zero-order valence-electron chi connectivity index (χ0n) is 18.6. The molecule has 1 saturated heterocycles. The van der Waals surface area contributed by atoms with Crippen molar-refractivity contribution >= 4 is 6.03 Å². The minimum Gasteiger partial charge on any atom is -0.494 e. The quantitative estimate of drug-likeness (QED) is 0.661. The van der Waals surface area contributed by atoms with Crippen LogP contribution in [0.2, 0.25) is 0 Å². The molecule has 1 N–H and O–H groups in total. The van der Waals surface area contributed by atoms with E-state index in [9.17, 15) is 4.79 Å². The van der Waals surface area contributed by atoms with Gasteiger partial charge >= 0.3 is 6.03 Å². The Kier molecular flexibility index (Phi) is 7.38. The van der Waals surface area contributed by atoms with E-state index in [0.717, 1.165) is 41.8 Å². The second-order valence-corrected chi connectivity index (χ2v) is 8.73. The molecule has 1 atom stereocenters. The molecular weight excluding hydrogens is 376 g/mol. The van der Waals surface area contributed by atoms with Gasteiger partial charge in [0.2, 0.25) is 0 Å². The van der Waals surface area contributed by atoms with Crippen LogP contribution in [0.3, 0.4) is 0 Å². The van der Waals surface area contributed by atoms with Crippen molar-refractivity contribution in [3.8, 4) is 5.75 Å². The van der Waals surface area contributed by atoms with Crippen molar-refractivity contribution in [3.05, 3.63) is 65.2 Å². The molecule has 2 aromatic rings. The van der Waals surface area contributed by atoms with Crippen molar-refractivity contribution in [2.75, 3.05) is 13.2 Å². The number of amides is 2. The number of nitrogens with one attached hydrogen (secondary N) is 1. The topological polar surface area (TPSA) is 50.8 Å². The van der Waals surface area contributed by atoms with Crippen molar-refractivity contribution in [2.24, 2.45) is 0 Å². The van der Waals surface area contributed by atoms with Crippen LogP contribution in [-0.4, -0.2) is 29.7 Å². The number of carbonyl (C=O) groups excluding carboxylic acids is 1. The Morgan fingerprint density at radius 3 is 2.57 bits per heavy atom. The Balaban J connectivity index is 1.57. The van der Waals surface area contributed by atoms with E-state index in [2.05, 4.69) is 29.6 Å². The highest BCUT2D eigenvalue weighted by Gasteiger charge is 2.29. The number of ether oxygens (including phenoxy) is 2. The SMILES string of the molecule is CCOc1ccc(C2CCCN2C(=O)NCc2cccc(COC(C)(C)C)c2)cc1. The Labute approximate surface area is 180 Å². The third-order valence-corrected chi connectivity index (χ3v) is 5.20. The highest BCUT2D eigenvalue weighted by molar-refractivity contribution is 5.75. The van der Waals surface area contributed by atoms with Crippen LogP contribution in [0.1, 0.15) is 63.3 Å². The lowest BCUT2D eigenvalue weighted by molar-refractivity contribution is -0.0149. The number of hydrogen-bond acceptors (Lipinski definition) is 3. The summed E-state index contributed by atoms with van der Waals surface area (Å²) in [6, 6.07) is 16.4. The third-order valence-electron chi connectivity index (χ3n) is 5.20. The van der Waals surface area contributed by atoms with Crippen molar-refractivity contribution in [3.63, 3.8) is 0 Å². The second kappa shape index (κ2) is 9.98. The first kappa shape index (κ1) is 22.2. The van der Waals surface area contributed by atoms with Crippen LogP contribution in [0.15, 0.2) is 48.5 Å². The number of hydrogen-bond donors (Lipinski definition) is 1. The van der Waals surface area contributed by atoms with Crippen molar-refractivity contribution in [1.82, 2.24) is 10.2 Å². The molecule has 2 aromatic carbocycles. The van der Waals surface area contributed by atoms with Crippen molar-refractivity contribution in [1.29, 1.82) is 0 Å². The zero-order valence-corrected chi connectivity index (χ0v) is 18.6. The van der Waals surface area contributed by atoms with Gasteiger partial charge in [0, 0.05) is 13.1 Å². The van der Waals surface area contributed by atoms with Gasteiger partial charge in [-0.1, -0.05) is 36.4 Å². The average molecular weight is 411 g/mol. The molecular formula is C25H34N2O3. The molecule has 5 heteroatoms. The van der Waals surface area contributed by atoms with E-state index in [-0.39, 0.29) is 17.7 Å². The summed E-state index contributed by atoms with van der Waals surface area (Å²) in [6.07, 6.45) is 2.01. The fourth-order valence-electron chi connectivity index (χ4n) is 3.72. The van der Waals surface area contributed by atoms with Gasteiger partial charge in [-0.25, -0.2) is 4.79 Å². The number of likely N-dealkylation sites (tertiary alicyclic amines) is 1. The molecule has 1 unspecified atom stereocenters. The van der Waals surface area contributed by atoms with Crippen molar-refractivity contribution in [2.45, 2.75) is 65.3 Å². The van der Waals surface area contributed by atoms with Gasteiger partial charge in [0.05, 0.1) is 24.9 Å². The monoisotopic (exact) mass is 410 g/mol. The molecule has 0 aromatic heterocycles. The fourth-order valence-corrected chi connectivity index (χ4v) is 3.72. The summed E-state index contributed by atoms with van der Waals surface area (Å²) in [5, 5.41) is 3.09. The summed E-state index contributed by atoms with van der Waals surface area (Å²) < 4.78 is 11.4. The summed E-state index contributed by atoms with van der Waals surface area (Å²) in [5.41, 5.74) is 3.18. The van der Waals surface area contributed by atoms with E-state index in [1.54, 1.807) is 0 Å². The van der Waals surface area contributed by atoms with Gasteiger partial charge in [0.15, 0.2) is 0 Å². The second-order valence-electron chi connectivity index (χ2n) is 8.73. The van der Waals surface area contributed by atoms with E-state index < -0.39 is 0 Å². The molecule has 2 amide bonds. The van der Waals surface area contributed by atoms with E-state index in [4.69, 9.17) is 9.47 Å². The molecule has 0 spiro atoms. The molecule has 0 aliphatic carbocycles. The average Bonchev–Trinajstić information content (AvgIpc) is 3.21. The molecule has 0 radical (unpaired) electrons. The van der Waals surface area contributed by atoms with Crippen LogP contribution in [0.5, 0.6) is 5.75 Å². The largest absolute Gasteiger partial charge is 0.494 e. The first-order valence-corrected chi connectivity index (χ1v) is 10.8. The van der Waals surface area contributed by atoms with Crippen LogP contribution in [-0.2, 0) is 17.9 Å². The molecule has 1 aliphatic rings. The van der Waals surface area contributed by atoms with Gasteiger partial charge in [0.1, 0.15) is 5.75 Å². The summed E-state index contributed by atoms with van der Waals surface area (Å²) in [4.78, 5) is 14.8. The van der Waals surface area contributed by atoms with E-state index in [1.807, 2.05) is 56.9 Å². The molecule has 5 nitrogen and oxygen atoms in total. The zero-order chi connectivity index (χ0) is 21.6. The maximum Gasteiger partial charge on any atom is 0.318 e. The first-order chi connectivity index (χ1) is 14.4. The molecule has 1 aliphatic heterocycles. The molecule has 30 heavy (non-hydrogen) atoms. The number of carbonyl (C=O) groups is 1. The van der Waals surface area contributed by atoms with Gasteiger partial charge < -0.3 is 19.7 Å². The highest BCUT2D eigenvalue weighted by Crippen LogP contribution is 2.32. The maximum atomic E-state index is 12.9. The predicted octanol–water partition coefficient (Wildman–Crippen LogP) is 5.45. The van der Waals surface area contributed by atoms with Gasteiger partial charge in [0.25, 0.3) is 0 Å². The van der Waals surface area contributed by atoms with Crippen LogP contribution < -0.4 is 10.1 Å². The first-order valence-electron chi connectivity index (χ1n) is 10.8. The lowest BCUT2D eigenvalue weighted by Gasteiger charge is -2.25. The van der Waals surface area contributed by atoms with Crippen molar-refractivity contribution < 1.29 is 14.3 Å². The number of urea groups is 1. The van der Waals surface area contributed by atoms with Gasteiger partial charge in [-0.05, 0) is 69.4 Å². The molecule has 3 rings (SSSR count). The summed E-state index contributed by atoms with van der Waals surface area (Å²) in [5.74, 6) is 0.866. The minimum absolute atomic E-state index is 0.0114. The smallest absolute Gasteiger partial charge is 0.318 e. The van der Waals surface area contributed by atoms with E-state index in [1.165, 1.54) is 0 Å². The Bertz CT molecular complexity index is 827. The Morgan fingerprint density at radius 2 is 1.87 bits per heavy atom. The van der Waals surface area contributed by atoms with Gasteiger partial charge in [-0.2, -0.15) is 0 Å². The highest BCUT2D eigenvalue weighted by atomic mass is 16.5. The molecule has 0 saturated carbocycles. The van der Waals surface area contributed by atoms with E-state index in [0.29, 0.717) is 19.8 Å². The minimum atomic E-state index is -0.171. The summed E-state index contributed by atoms with van der Waals surface area (Å²) in [7, 11) is 0. The predicted molar refractivity (Wildman–Crippen MR) is 120 cm³/mol. The lowest BCUT2D eigenvalue weighted by atomic mass is 10.0. The summed E-state index contributed by atoms with van der Waals surface area (Å²) in [6.45, 7) is 10.6. The van der Waals surface area contributed by atoms with E-state index >= 15 is 0 Å². The normalized spacial score (nSPS) is 16.5. The Hall–Kier alpha value is -2.53. The Morgan fingerprint density at radius 1 is 1.13 bits per heavy atom. The summed E-state index contributed by atoms with van der Waals surface area (Å²) >= 11 is 0. The standard InChI is InChI=1S/C25H34N2O3/c1-5-29-22-13-11-21(12-14-22)23-10-7-15-27(23)24(28)26-17-19-8-6-9-20(16-19)18-30-25(2,3)4/h6,8-9,11-14,16,23H,5,7,10,15,17-18H2,1-4H3,(H,26,28). The molecule has 162 valence electrons. The van der Waals surface area contributed by atoms with Gasteiger partial charge in [-0.3, -0.25) is 0 Å².